The number of aryl methyl sites for hydroxylation is 1. The lowest BCUT2D eigenvalue weighted by molar-refractivity contribution is 0.101. The van der Waals surface area contributed by atoms with Crippen molar-refractivity contribution in [2.45, 2.75) is 52.6 Å². The van der Waals surface area contributed by atoms with Gasteiger partial charge in [0, 0.05) is 16.9 Å². The molecule has 1 fully saturated rings. The zero-order valence-corrected chi connectivity index (χ0v) is 16.0. The molecule has 0 bridgehead atoms. The second kappa shape index (κ2) is 7.54. The summed E-state index contributed by atoms with van der Waals surface area (Å²) in [5, 5.41) is 3.29. The van der Waals surface area contributed by atoms with E-state index in [1.165, 1.54) is 19.8 Å². The van der Waals surface area contributed by atoms with E-state index in [1.807, 2.05) is 0 Å². The van der Waals surface area contributed by atoms with Gasteiger partial charge >= 0.3 is 0 Å². The first-order valence-electron chi connectivity index (χ1n) is 8.84. The lowest BCUT2D eigenvalue weighted by atomic mass is 10.1. The monoisotopic (exact) mass is 374 g/mol. The Morgan fingerprint density at radius 1 is 1.23 bits per heavy atom. The molecule has 0 aliphatic heterocycles. The van der Waals surface area contributed by atoms with E-state index >= 15 is 0 Å². The van der Waals surface area contributed by atoms with Crippen molar-refractivity contribution in [2.75, 3.05) is 5.32 Å². The van der Waals surface area contributed by atoms with Gasteiger partial charge in [0.05, 0.1) is 11.1 Å². The van der Waals surface area contributed by atoms with Crippen LogP contribution in [0.2, 0.25) is 5.02 Å². The van der Waals surface area contributed by atoms with E-state index in [0.717, 1.165) is 12.8 Å². The third-order valence-electron chi connectivity index (χ3n) is 4.80. The van der Waals surface area contributed by atoms with Crippen LogP contribution in [0, 0.1) is 13.8 Å². The molecular weight excluding hydrogens is 352 g/mol. The lowest BCUT2D eigenvalue weighted by Crippen LogP contribution is -2.14. The van der Waals surface area contributed by atoms with E-state index in [0.29, 0.717) is 39.0 Å². The summed E-state index contributed by atoms with van der Waals surface area (Å²) < 4.78 is 5.93. The summed E-state index contributed by atoms with van der Waals surface area (Å²) >= 11 is 6.31. The van der Waals surface area contributed by atoms with Crippen molar-refractivity contribution < 1.29 is 14.3 Å². The highest BCUT2D eigenvalue weighted by Crippen LogP contribution is 2.32. The Hall–Kier alpha value is -2.27. The van der Waals surface area contributed by atoms with Crippen molar-refractivity contribution in [3.05, 3.63) is 45.7 Å². The number of H-pyrrole nitrogens is 1. The predicted molar refractivity (Wildman–Crippen MR) is 103 cm³/mol. The largest absolute Gasteiger partial charge is 0.489 e. The molecule has 0 saturated heterocycles. The standard InChI is InChI=1S/C20H23ClN2O3/c1-11-18(13(3)24)12(2)22-19(11)20(25)23-14-8-9-17(16(21)10-14)26-15-6-4-5-7-15/h8-10,15,22H,4-7H2,1-3H3,(H,23,25). The van der Waals surface area contributed by atoms with Gasteiger partial charge < -0.3 is 15.0 Å². The van der Waals surface area contributed by atoms with Gasteiger partial charge in [-0.05, 0) is 70.2 Å². The van der Waals surface area contributed by atoms with Crippen molar-refractivity contribution in [3.63, 3.8) is 0 Å². The van der Waals surface area contributed by atoms with Gasteiger partial charge in [-0.1, -0.05) is 11.6 Å². The highest BCUT2D eigenvalue weighted by atomic mass is 35.5. The first-order valence-corrected chi connectivity index (χ1v) is 9.22. The van der Waals surface area contributed by atoms with Crippen LogP contribution in [-0.4, -0.2) is 22.8 Å². The van der Waals surface area contributed by atoms with Gasteiger partial charge in [-0.15, -0.1) is 0 Å². The topological polar surface area (TPSA) is 71.2 Å². The Balaban J connectivity index is 1.74. The van der Waals surface area contributed by atoms with Crippen LogP contribution in [0.4, 0.5) is 5.69 Å². The fourth-order valence-electron chi connectivity index (χ4n) is 3.56. The molecular formula is C20H23ClN2O3. The van der Waals surface area contributed by atoms with E-state index in [2.05, 4.69) is 10.3 Å². The van der Waals surface area contributed by atoms with Crippen LogP contribution in [0.25, 0.3) is 0 Å². The van der Waals surface area contributed by atoms with Crippen molar-refractivity contribution in [2.24, 2.45) is 0 Å². The van der Waals surface area contributed by atoms with Crippen LogP contribution < -0.4 is 10.1 Å². The third-order valence-corrected chi connectivity index (χ3v) is 5.10. The zero-order valence-electron chi connectivity index (χ0n) is 15.2. The number of aromatic amines is 1. The summed E-state index contributed by atoms with van der Waals surface area (Å²) in [5.74, 6) is 0.271. The van der Waals surface area contributed by atoms with Crippen LogP contribution >= 0.6 is 11.6 Å². The molecule has 138 valence electrons. The van der Waals surface area contributed by atoms with Crippen LogP contribution in [0.1, 0.15) is 64.7 Å². The molecule has 1 aromatic carbocycles. The number of aromatic nitrogens is 1. The molecule has 1 saturated carbocycles. The lowest BCUT2D eigenvalue weighted by Gasteiger charge is -2.15. The summed E-state index contributed by atoms with van der Waals surface area (Å²) in [4.78, 5) is 27.3. The van der Waals surface area contributed by atoms with Crippen molar-refractivity contribution >= 4 is 29.0 Å². The summed E-state index contributed by atoms with van der Waals surface area (Å²) in [6.45, 7) is 5.04. The van der Waals surface area contributed by atoms with Gasteiger partial charge in [-0.2, -0.15) is 0 Å². The van der Waals surface area contributed by atoms with E-state index in [9.17, 15) is 9.59 Å². The second-order valence-corrected chi connectivity index (χ2v) is 7.21. The first kappa shape index (κ1) is 18.5. The maximum Gasteiger partial charge on any atom is 0.272 e. The molecule has 1 aromatic heterocycles. The van der Waals surface area contributed by atoms with Gasteiger partial charge in [0.25, 0.3) is 5.91 Å². The number of nitrogens with one attached hydrogen (secondary N) is 2. The summed E-state index contributed by atoms with van der Waals surface area (Å²) in [6, 6.07) is 5.23. The molecule has 2 N–H and O–H groups in total. The van der Waals surface area contributed by atoms with Crippen molar-refractivity contribution in [3.8, 4) is 5.75 Å². The maximum atomic E-state index is 12.6. The maximum absolute atomic E-state index is 12.6. The van der Waals surface area contributed by atoms with Crippen LogP contribution in [0.5, 0.6) is 5.75 Å². The van der Waals surface area contributed by atoms with Crippen molar-refractivity contribution in [1.29, 1.82) is 0 Å². The molecule has 2 aromatic rings. The molecule has 5 nitrogen and oxygen atoms in total. The Morgan fingerprint density at radius 2 is 1.92 bits per heavy atom. The molecule has 1 heterocycles. The smallest absolute Gasteiger partial charge is 0.272 e. The molecule has 3 rings (SSSR count). The average Bonchev–Trinajstić information content (AvgIpc) is 3.17. The molecule has 1 aliphatic carbocycles. The minimum Gasteiger partial charge on any atom is -0.489 e. The number of carbonyl (C=O) groups is 2. The summed E-state index contributed by atoms with van der Waals surface area (Å²) in [6.07, 6.45) is 4.71. The Morgan fingerprint density at radius 3 is 2.50 bits per heavy atom. The van der Waals surface area contributed by atoms with Gasteiger partial charge in [-0.25, -0.2) is 0 Å². The highest BCUT2D eigenvalue weighted by Gasteiger charge is 2.21. The number of ketones is 1. The SMILES string of the molecule is CC(=O)c1c(C)[nH]c(C(=O)Nc2ccc(OC3CCCC3)c(Cl)c2)c1C. The number of anilines is 1. The zero-order chi connectivity index (χ0) is 18.8. The van der Waals surface area contributed by atoms with Crippen LogP contribution in [0.3, 0.4) is 0 Å². The molecule has 1 aliphatic rings. The number of hydrogen-bond donors (Lipinski definition) is 2. The van der Waals surface area contributed by atoms with E-state index in [1.54, 1.807) is 32.0 Å². The minimum atomic E-state index is -0.307. The number of ether oxygens (including phenoxy) is 1. The molecule has 0 atom stereocenters. The van der Waals surface area contributed by atoms with Gasteiger partial charge in [0.1, 0.15) is 11.4 Å². The molecule has 1 amide bonds. The fourth-order valence-corrected chi connectivity index (χ4v) is 3.78. The Kier molecular flexibility index (Phi) is 5.37. The average molecular weight is 375 g/mol. The van der Waals surface area contributed by atoms with Gasteiger partial charge in [0.2, 0.25) is 0 Å². The Labute approximate surface area is 158 Å². The minimum absolute atomic E-state index is 0.0632. The summed E-state index contributed by atoms with van der Waals surface area (Å²) in [5.41, 5.74) is 2.87. The summed E-state index contributed by atoms with van der Waals surface area (Å²) in [7, 11) is 0. The highest BCUT2D eigenvalue weighted by molar-refractivity contribution is 6.32. The van der Waals surface area contributed by atoms with E-state index in [-0.39, 0.29) is 17.8 Å². The number of carbonyl (C=O) groups excluding carboxylic acids is 2. The van der Waals surface area contributed by atoms with Crippen molar-refractivity contribution in [1.82, 2.24) is 4.98 Å². The van der Waals surface area contributed by atoms with Gasteiger partial charge in [0.15, 0.2) is 5.78 Å². The number of hydrogen-bond acceptors (Lipinski definition) is 3. The molecule has 0 unspecified atom stereocenters. The Bertz CT molecular complexity index is 851. The molecule has 26 heavy (non-hydrogen) atoms. The molecule has 0 radical (unpaired) electrons. The normalized spacial score (nSPS) is 14.5. The van der Waals surface area contributed by atoms with E-state index < -0.39 is 0 Å². The quantitative estimate of drug-likeness (QED) is 0.718. The number of Topliss-reactive ketones (excluding diaryl/α,β-unsaturated/α-hetero) is 1. The van der Waals surface area contributed by atoms with Crippen LogP contribution in [0.15, 0.2) is 18.2 Å². The first-order chi connectivity index (χ1) is 12.4. The van der Waals surface area contributed by atoms with Gasteiger partial charge in [-0.3, -0.25) is 9.59 Å². The fraction of sp³-hybridized carbons (Fsp3) is 0.400. The number of halogens is 1. The number of amides is 1. The van der Waals surface area contributed by atoms with E-state index in [4.69, 9.17) is 16.3 Å². The van der Waals surface area contributed by atoms with Crippen LogP contribution in [-0.2, 0) is 0 Å². The number of benzene rings is 1. The molecule has 6 heteroatoms. The third kappa shape index (κ3) is 3.78. The molecule has 0 spiro atoms. The second-order valence-electron chi connectivity index (χ2n) is 6.80. The predicted octanol–water partition coefficient (Wildman–Crippen LogP) is 5.06. The number of rotatable bonds is 5.